The van der Waals surface area contributed by atoms with Crippen molar-refractivity contribution in [3.05, 3.63) is 0 Å². The number of nitrogens with zero attached hydrogens (tertiary/aromatic N) is 1. The Morgan fingerprint density at radius 1 is 1.57 bits per heavy atom. The molecule has 0 spiro atoms. The molecule has 2 atom stereocenters. The minimum atomic E-state index is -0.284. The molecule has 0 aromatic heterocycles. The molecule has 84 valence electrons. The molecule has 0 aromatic rings. The number of hydrogen-bond donors (Lipinski definition) is 1. The first kappa shape index (κ1) is 11.9. The van der Waals surface area contributed by atoms with Crippen LogP contribution in [0.3, 0.4) is 0 Å². The van der Waals surface area contributed by atoms with E-state index in [0.29, 0.717) is 13.0 Å². The van der Waals surface area contributed by atoms with Crippen LogP contribution in [-0.2, 0) is 4.74 Å². The van der Waals surface area contributed by atoms with Gasteiger partial charge in [-0.05, 0) is 19.8 Å². The van der Waals surface area contributed by atoms with E-state index in [4.69, 9.17) is 9.84 Å². The van der Waals surface area contributed by atoms with E-state index in [9.17, 15) is 4.39 Å². The van der Waals surface area contributed by atoms with Crippen molar-refractivity contribution in [2.45, 2.75) is 31.9 Å². The molecule has 1 aliphatic heterocycles. The maximum absolute atomic E-state index is 12.0. The van der Waals surface area contributed by atoms with Gasteiger partial charge in [0.25, 0.3) is 0 Å². The van der Waals surface area contributed by atoms with Gasteiger partial charge in [0.1, 0.15) is 0 Å². The SMILES string of the molecule is CCOC1CC(CO)N(CCCF)C1. The van der Waals surface area contributed by atoms with Crippen LogP contribution in [0.15, 0.2) is 0 Å². The number of halogens is 1. The molecule has 4 heteroatoms. The molecule has 1 rings (SSSR count). The van der Waals surface area contributed by atoms with Gasteiger partial charge in [0, 0.05) is 25.7 Å². The molecule has 1 N–H and O–H groups in total. The third kappa shape index (κ3) is 3.19. The highest BCUT2D eigenvalue weighted by Gasteiger charge is 2.31. The second-order valence-electron chi connectivity index (χ2n) is 3.69. The van der Waals surface area contributed by atoms with Crippen molar-refractivity contribution in [2.24, 2.45) is 0 Å². The quantitative estimate of drug-likeness (QED) is 0.696. The van der Waals surface area contributed by atoms with Crippen molar-refractivity contribution in [3.63, 3.8) is 0 Å². The van der Waals surface area contributed by atoms with Gasteiger partial charge >= 0.3 is 0 Å². The van der Waals surface area contributed by atoms with E-state index < -0.39 is 0 Å². The van der Waals surface area contributed by atoms with Crippen LogP contribution in [0, 0.1) is 0 Å². The van der Waals surface area contributed by atoms with Crippen LogP contribution in [0.2, 0.25) is 0 Å². The zero-order valence-electron chi connectivity index (χ0n) is 8.79. The summed E-state index contributed by atoms with van der Waals surface area (Å²) in [6.45, 7) is 4.10. The predicted molar refractivity (Wildman–Crippen MR) is 53.1 cm³/mol. The van der Waals surface area contributed by atoms with Gasteiger partial charge in [-0.3, -0.25) is 9.29 Å². The number of ether oxygens (including phenoxy) is 1. The second kappa shape index (κ2) is 6.32. The Hall–Kier alpha value is -0.190. The summed E-state index contributed by atoms with van der Waals surface area (Å²) in [5, 5.41) is 9.13. The van der Waals surface area contributed by atoms with Gasteiger partial charge in [0.15, 0.2) is 0 Å². The molecule has 0 bridgehead atoms. The molecule has 0 radical (unpaired) electrons. The van der Waals surface area contributed by atoms with Crippen molar-refractivity contribution in [1.29, 1.82) is 0 Å². The summed E-state index contributed by atoms with van der Waals surface area (Å²) >= 11 is 0. The van der Waals surface area contributed by atoms with Crippen LogP contribution in [0.4, 0.5) is 4.39 Å². The number of alkyl halides is 1. The highest BCUT2D eigenvalue weighted by molar-refractivity contribution is 4.85. The van der Waals surface area contributed by atoms with Gasteiger partial charge in [0.2, 0.25) is 0 Å². The third-order valence-electron chi connectivity index (χ3n) is 2.68. The smallest absolute Gasteiger partial charge is 0.0906 e. The minimum Gasteiger partial charge on any atom is -0.395 e. The lowest BCUT2D eigenvalue weighted by atomic mass is 10.2. The highest BCUT2D eigenvalue weighted by atomic mass is 19.1. The lowest BCUT2D eigenvalue weighted by Crippen LogP contribution is -2.33. The van der Waals surface area contributed by atoms with Crippen molar-refractivity contribution in [2.75, 3.05) is 33.0 Å². The molecular formula is C10H20FNO2. The number of hydrogen-bond acceptors (Lipinski definition) is 3. The van der Waals surface area contributed by atoms with Crippen LogP contribution >= 0.6 is 0 Å². The van der Waals surface area contributed by atoms with Crippen molar-refractivity contribution in [1.82, 2.24) is 4.90 Å². The van der Waals surface area contributed by atoms with Crippen LogP contribution < -0.4 is 0 Å². The highest BCUT2D eigenvalue weighted by Crippen LogP contribution is 2.20. The maximum Gasteiger partial charge on any atom is 0.0906 e. The zero-order valence-corrected chi connectivity index (χ0v) is 8.79. The molecule has 1 heterocycles. The Morgan fingerprint density at radius 2 is 2.36 bits per heavy atom. The molecule has 1 aliphatic rings. The first-order valence-corrected chi connectivity index (χ1v) is 5.34. The fourth-order valence-corrected chi connectivity index (χ4v) is 2.02. The van der Waals surface area contributed by atoms with Crippen molar-refractivity contribution >= 4 is 0 Å². The number of likely N-dealkylation sites (tertiary alicyclic amines) is 1. The van der Waals surface area contributed by atoms with E-state index in [2.05, 4.69) is 4.90 Å². The second-order valence-corrected chi connectivity index (χ2v) is 3.69. The molecular weight excluding hydrogens is 185 g/mol. The van der Waals surface area contributed by atoms with Gasteiger partial charge in [-0.15, -0.1) is 0 Å². The Morgan fingerprint density at radius 3 is 2.93 bits per heavy atom. The van der Waals surface area contributed by atoms with E-state index >= 15 is 0 Å². The Balaban J connectivity index is 2.33. The van der Waals surface area contributed by atoms with Crippen molar-refractivity contribution in [3.8, 4) is 0 Å². The average molecular weight is 205 g/mol. The molecule has 0 aromatic carbocycles. The largest absolute Gasteiger partial charge is 0.395 e. The zero-order chi connectivity index (χ0) is 10.4. The van der Waals surface area contributed by atoms with E-state index in [1.807, 2.05) is 6.92 Å². The molecule has 14 heavy (non-hydrogen) atoms. The van der Waals surface area contributed by atoms with E-state index in [1.165, 1.54) is 0 Å². The molecule has 1 fully saturated rings. The van der Waals surface area contributed by atoms with E-state index in [1.54, 1.807) is 0 Å². The van der Waals surface area contributed by atoms with Crippen LogP contribution in [-0.4, -0.2) is 55.1 Å². The lowest BCUT2D eigenvalue weighted by molar-refractivity contribution is 0.0686. The maximum atomic E-state index is 12.0. The topological polar surface area (TPSA) is 32.7 Å². The van der Waals surface area contributed by atoms with Crippen LogP contribution in [0.25, 0.3) is 0 Å². The summed E-state index contributed by atoms with van der Waals surface area (Å²) in [5.74, 6) is 0. The first-order chi connectivity index (χ1) is 6.81. The number of aliphatic hydroxyl groups excluding tert-OH is 1. The summed E-state index contributed by atoms with van der Waals surface area (Å²) in [5.41, 5.74) is 0. The fraction of sp³-hybridized carbons (Fsp3) is 1.00. The monoisotopic (exact) mass is 205 g/mol. The number of aliphatic hydroxyl groups is 1. The van der Waals surface area contributed by atoms with E-state index in [-0.39, 0.29) is 25.4 Å². The third-order valence-corrected chi connectivity index (χ3v) is 2.68. The molecule has 2 unspecified atom stereocenters. The summed E-state index contributed by atoms with van der Waals surface area (Å²) in [6, 6.07) is 0.165. The van der Waals surface area contributed by atoms with Crippen LogP contribution in [0.1, 0.15) is 19.8 Å². The van der Waals surface area contributed by atoms with Gasteiger partial charge in [-0.25, -0.2) is 0 Å². The summed E-state index contributed by atoms with van der Waals surface area (Å²) < 4.78 is 17.5. The van der Waals surface area contributed by atoms with Crippen molar-refractivity contribution < 1.29 is 14.2 Å². The molecule has 1 saturated heterocycles. The predicted octanol–water partition coefficient (Wildman–Crippen LogP) is 0.818. The fourth-order valence-electron chi connectivity index (χ4n) is 2.02. The minimum absolute atomic E-state index is 0.149. The molecule has 0 saturated carbocycles. The molecule has 0 amide bonds. The number of rotatable bonds is 6. The lowest BCUT2D eigenvalue weighted by Gasteiger charge is -2.21. The average Bonchev–Trinajstić information content (AvgIpc) is 2.58. The summed E-state index contributed by atoms with van der Waals surface area (Å²) in [4.78, 5) is 2.12. The summed E-state index contributed by atoms with van der Waals surface area (Å²) in [7, 11) is 0. The Labute approximate surface area is 84.9 Å². The first-order valence-electron chi connectivity index (χ1n) is 5.34. The Bertz CT molecular complexity index is 157. The molecule has 0 aliphatic carbocycles. The van der Waals surface area contributed by atoms with Gasteiger partial charge in [-0.2, -0.15) is 0 Å². The normalized spacial score (nSPS) is 28.5. The van der Waals surface area contributed by atoms with Gasteiger partial charge < -0.3 is 9.84 Å². The van der Waals surface area contributed by atoms with Crippen LogP contribution in [0.5, 0.6) is 0 Å². The Kier molecular flexibility index (Phi) is 5.37. The summed E-state index contributed by atoms with van der Waals surface area (Å²) in [6.07, 6.45) is 1.64. The molecule has 3 nitrogen and oxygen atoms in total. The van der Waals surface area contributed by atoms with E-state index in [0.717, 1.165) is 19.5 Å². The standard InChI is InChI=1S/C10H20FNO2/c1-2-14-10-6-9(8-13)12(7-10)5-3-4-11/h9-10,13H,2-8H2,1H3. The van der Waals surface area contributed by atoms with Gasteiger partial charge in [0.05, 0.1) is 19.4 Å². The van der Waals surface area contributed by atoms with Gasteiger partial charge in [-0.1, -0.05) is 0 Å².